The molecule has 1 rings (SSSR count). The average molecular weight is 340 g/mol. The molecule has 0 saturated heterocycles. The third kappa shape index (κ3) is 6.82. The maximum absolute atomic E-state index is 11.9. The maximum Gasteiger partial charge on any atom is 0.270 e. The Morgan fingerprint density at radius 3 is 2.62 bits per heavy atom. The number of hydrogen-bond donors (Lipinski definition) is 2. The normalized spacial score (nSPS) is 10.9. The molecule has 0 aromatic heterocycles. The SMILES string of the molecule is COCCNCCNS(=O)(=O)c1cccc([N+](=O)[O-])c1.Cl. The van der Waals surface area contributed by atoms with Crippen LogP contribution in [0.3, 0.4) is 0 Å². The zero-order valence-electron chi connectivity index (χ0n) is 11.4. The summed E-state index contributed by atoms with van der Waals surface area (Å²) < 4.78 is 31.0. The number of rotatable bonds is 9. The summed E-state index contributed by atoms with van der Waals surface area (Å²) in [5.74, 6) is 0. The van der Waals surface area contributed by atoms with Gasteiger partial charge >= 0.3 is 0 Å². The molecule has 0 unspecified atom stereocenters. The Kier molecular flexibility index (Phi) is 9.06. The predicted molar refractivity (Wildman–Crippen MR) is 80.3 cm³/mol. The number of nitro benzene ring substituents is 1. The van der Waals surface area contributed by atoms with Crippen molar-refractivity contribution in [2.75, 3.05) is 33.4 Å². The molecule has 0 saturated carbocycles. The lowest BCUT2D eigenvalue weighted by atomic mass is 10.3. The van der Waals surface area contributed by atoms with Crippen LogP contribution in [-0.2, 0) is 14.8 Å². The van der Waals surface area contributed by atoms with Crippen LogP contribution >= 0.6 is 12.4 Å². The van der Waals surface area contributed by atoms with Crippen molar-refractivity contribution >= 4 is 28.1 Å². The summed E-state index contributed by atoms with van der Waals surface area (Å²) in [6.07, 6.45) is 0. The fourth-order valence-electron chi connectivity index (χ4n) is 1.42. The average Bonchev–Trinajstić information content (AvgIpc) is 2.43. The molecular formula is C11H18ClN3O5S. The van der Waals surface area contributed by atoms with Gasteiger partial charge in [0.15, 0.2) is 0 Å². The van der Waals surface area contributed by atoms with E-state index in [1.807, 2.05) is 0 Å². The summed E-state index contributed by atoms with van der Waals surface area (Å²) in [4.78, 5) is 9.85. The highest BCUT2D eigenvalue weighted by atomic mass is 35.5. The Hall–Kier alpha value is -1.26. The first kappa shape index (κ1) is 19.7. The predicted octanol–water partition coefficient (Wildman–Crippen LogP) is 0.531. The number of non-ortho nitro benzene ring substituents is 1. The van der Waals surface area contributed by atoms with Gasteiger partial charge in [-0.05, 0) is 6.07 Å². The van der Waals surface area contributed by atoms with E-state index in [2.05, 4.69) is 10.0 Å². The van der Waals surface area contributed by atoms with E-state index in [9.17, 15) is 18.5 Å². The monoisotopic (exact) mass is 339 g/mol. The van der Waals surface area contributed by atoms with E-state index in [0.717, 1.165) is 6.07 Å². The van der Waals surface area contributed by atoms with Gasteiger partial charge in [-0.1, -0.05) is 6.07 Å². The van der Waals surface area contributed by atoms with Gasteiger partial charge in [-0.15, -0.1) is 12.4 Å². The van der Waals surface area contributed by atoms with Gasteiger partial charge in [0, 0.05) is 38.9 Å². The molecule has 2 N–H and O–H groups in total. The third-order valence-corrected chi connectivity index (χ3v) is 3.87. The van der Waals surface area contributed by atoms with Gasteiger partial charge in [-0.2, -0.15) is 0 Å². The van der Waals surface area contributed by atoms with E-state index in [-0.39, 0.29) is 29.5 Å². The molecule has 0 fully saturated rings. The molecule has 0 aliphatic carbocycles. The highest BCUT2D eigenvalue weighted by Crippen LogP contribution is 2.16. The van der Waals surface area contributed by atoms with Crippen molar-refractivity contribution in [2.24, 2.45) is 0 Å². The molecule has 1 aromatic carbocycles. The number of methoxy groups -OCH3 is 1. The van der Waals surface area contributed by atoms with Crippen LogP contribution in [0, 0.1) is 10.1 Å². The van der Waals surface area contributed by atoms with Crippen molar-refractivity contribution in [3.63, 3.8) is 0 Å². The lowest BCUT2D eigenvalue weighted by molar-refractivity contribution is -0.385. The molecule has 8 nitrogen and oxygen atoms in total. The number of nitrogens with zero attached hydrogens (tertiary/aromatic N) is 1. The van der Waals surface area contributed by atoms with E-state index in [0.29, 0.717) is 19.7 Å². The van der Waals surface area contributed by atoms with Gasteiger partial charge in [0.25, 0.3) is 5.69 Å². The van der Waals surface area contributed by atoms with Crippen LogP contribution in [0.4, 0.5) is 5.69 Å². The Balaban J connectivity index is 0.00000400. The molecule has 10 heteroatoms. The summed E-state index contributed by atoms with van der Waals surface area (Å²) in [5, 5.41) is 13.6. The molecule has 0 spiro atoms. The maximum atomic E-state index is 11.9. The molecule has 0 heterocycles. The first-order valence-corrected chi connectivity index (χ1v) is 7.39. The summed E-state index contributed by atoms with van der Waals surface area (Å²) in [7, 11) is -2.16. The van der Waals surface area contributed by atoms with Crippen molar-refractivity contribution in [2.45, 2.75) is 4.90 Å². The number of nitrogens with one attached hydrogen (secondary N) is 2. The van der Waals surface area contributed by atoms with Gasteiger partial charge < -0.3 is 10.1 Å². The van der Waals surface area contributed by atoms with Crippen LogP contribution in [0.25, 0.3) is 0 Å². The zero-order valence-corrected chi connectivity index (χ0v) is 13.1. The summed E-state index contributed by atoms with van der Waals surface area (Å²) in [5.41, 5.74) is -0.258. The second kappa shape index (κ2) is 9.64. The smallest absolute Gasteiger partial charge is 0.270 e. The van der Waals surface area contributed by atoms with Crippen molar-refractivity contribution < 1.29 is 18.1 Å². The van der Waals surface area contributed by atoms with Crippen LogP contribution in [0.15, 0.2) is 29.2 Å². The van der Waals surface area contributed by atoms with Gasteiger partial charge in [0.05, 0.1) is 16.4 Å². The number of ether oxygens (including phenoxy) is 1. The van der Waals surface area contributed by atoms with Crippen LogP contribution in [0.5, 0.6) is 0 Å². The Morgan fingerprint density at radius 2 is 2.00 bits per heavy atom. The van der Waals surface area contributed by atoms with Crippen LogP contribution in [-0.4, -0.2) is 46.7 Å². The molecule has 0 aliphatic heterocycles. The van der Waals surface area contributed by atoms with Crippen LogP contribution in [0.2, 0.25) is 0 Å². The van der Waals surface area contributed by atoms with E-state index in [4.69, 9.17) is 4.74 Å². The topological polar surface area (TPSA) is 111 Å². The zero-order chi connectivity index (χ0) is 15.0. The molecule has 0 aliphatic rings. The minimum Gasteiger partial charge on any atom is -0.383 e. The summed E-state index contributed by atoms with van der Waals surface area (Å²) >= 11 is 0. The molecule has 0 atom stereocenters. The van der Waals surface area contributed by atoms with Crippen molar-refractivity contribution in [1.82, 2.24) is 10.0 Å². The van der Waals surface area contributed by atoms with E-state index >= 15 is 0 Å². The van der Waals surface area contributed by atoms with Gasteiger partial charge in [0.2, 0.25) is 10.0 Å². The number of sulfonamides is 1. The van der Waals surface area contributed by atoms with Crippen LogP contribution in [0.1, 0.15) is 0 Å². The van der Waals surface area contributed by atoms with Gasteiger partial charge in [-0.3, -0.25) is 10.1 Å². The second-order valence-corrected chi connectivity index (χ2v) is 5.66. The first-order chi connectivity index (χ1) is 9.47. The largest absolute Gasteiger partial charge is 0.383 e. The quantitative estimate of drug-likeness (QED) is 0.386. The highest BCUT2D eigenvalue weighted by molar-refractivity contribution is 7.89. The standard InChI is InChI=1S/C11H17N3O5S.ClH/c1-19-8-7-12-5-6-13-20(17,18)11-4-2-3-10(9-11)14(15)16;/h2-4,9,12-13H,5-8H2,1H3;1H. The Bertz CT molecular complexity index is 553. The van der Waals surface area contributed by atoms with Crippen molar-refractivity contribution in [3.05, 3.63) is 34.4 Å². The molecule has 0 amide bonds. The number of hydrogen-bond acceptors (Lipinski definition) is 6. The summed E-state index contributed by atoms with van der Waals surface area (Å²) in [6, 6.07) is 4.92. The molecular weight excluding hydrogens is 322 g/mol. The number of benzene rings is 1. The van der Waals surface area contributed by atoms with Crippen LogP contribution < -0.4 is 10.0 Å². The first-order valence-electron chi connectivity index (χ1n) is 5.91. The third-order valence-electron chi connectivity index (χ3n) is 2.42. The molecule has 120 valence electrons. The molecule has 0 bridgehead atoms. The number of halogens is 1. The highest BCUT2D eigenvalue weighted by Gasteiger charge is 2.16. The van der Waals surface area contributed by atoms with Gasteiger partial charge in [0.1, 0.15) is 0 Å². The molecule has 0 radical (unpaired) electrons. The van der Waals surface area contributed by atoms with E-state index < -0.39 is 14.9 Å². The van der Waals surface area contributed by atoms with E-state index in [1.54, 1.807) is 7.11 Å². The molecule has 21 heavy (non-hydrogen) atoms. The lowest BCUT2D eigenvalue weighted by Crippen LogP contribution is -2.33. The lowest BCUT2D eigenvalue weighted by Gasteiger charge is -2.07. The minimum absolute atomic E-state index is 0. The summed E-state index contributed by atoms with van der Waals surface area (Å²) in [6.45, 7) is 1.79. The van der Waals surface area contributed by atoms with Gasteiger partial charge in [-0.25, -0.2) is 13.1 Å². The fourth-order valence-corrected chi connectivity index (χ4v) is 2.49. The molecule has 1 aromatic rings. The number of nitro groups is 1. The van der Waals surface area contributed by atoms with Crippen molar-refractivity contribution in [1.29, 1.82) is 0 Å². The fraction of sp³-hybridized carbons (Fsp3) is 0.455. The second-order valence-electron chi connectivity index (χ2n) is 3.90. The Labute approximate surface area is 129 Å². The van der Waals surface area contributed by atoms with E-state index in [1.165, 1.54) is 18.2 Å². The minimum atomic E-state index is -3.73. The van der Waals surface area contributed by atoms with Crippen molar-refractivity contribution in [3.8, 4) is 0 Å². The Morgan fingerprint density at radius 1 is 1.29 bits per heavy atom.